The maximum atomic E-state index is 9.10. The van der Waals surface area contributed by atoms with Crippen LogP contribution in [-0.4, -0.2) is 62.6 Å². The largest absolute Gasteiger partial charge is 0.352 e. The van der Waals surface area contributed by atoms with E-state index >= 15 is 0 Å². The predicted octanol–water partition coefficient (Wildman–Crippen LogP) is 6.86. The van der Waals surface area contributed by atoms with Gasteiger partial charge in [-0.15, -0.1) is 0 Å². The Balaban J connectivity index is 0.000000204. The predicted molar refractivity (Wildman–Crippen MR) is 206 cm³/mol. The van der Waals surface area contributed by atoms with Crippen LogP contribution in [0.1, 0.15) is 69.6 Å². The average Bonchev–Trinajstić information content (AvgIpc) is 3.84. The van der Waals surface area contributed by atoms with E-state index in [0.29, 0.717) is 19.6 Å². The van der Waals surface area contributed by atoms with Crippen LogP contribution in [0.3, 0.4) is 0 Å². The summed E-state index contributed by atoms with van der Waals surface area (Å²) in [6.07, 6.45) is 9.85. The van der Waals surface area contributed by atoms with Gasteiger partial charge in [0.15, 0.2) is 0 Å². The Morgan fingerprint density at radius 1 is 0.623 bits per heavy atom. The topological polar surface area (TPSA) is 143 Å². The summed E-state index contributed by atoms with van der Waals surface area (Å²) in [5.41, 5.74) is 4.96. The zero-order valence-electron chi connectivity index (χ0n) is 31.2. The second kappa shape index (κ2) is 17.7. The third kappa shape index (κ3) is 12.8. The van der Waals surface area contributed by atoms with Crippen molar-refractivity contribution in [2.75, 3.05) is 22.9 Å². The number of hydrogen-bond donors (Lipinski definition) is 0. The van der Waals surface area contributed by atoms with E-state index in [1.54, 1.807) is 36.1 Å². The molecule has 0 amide bonds. The van der Waals surface area contributed by atoms with Gasteiger partial charge in [0, 0.05) is 38.6 Å². The highest BCUT2D eigenvalue weighted by atomic mass is 35.5. The lowest BCUT2D eigenvalue weighted by Gasteiger charge is -2.31. The van der Waals surface area contributed by atoms with Crippen LogP contribution in [0.15, 0.2) is 98.4 Å². The van der Waals surface area contributed by atoms with Crippen molar-refractivity contribution in [1.82, 2.24) is 49.5 Å². The van der Waals surface area contributed by atoms with Gasteiger partial charge in [0.2, 0.25) is 11.1 Å². The molecule has 2 aromatic carbocycles. The molecule has 0 saturated heterocycles. The van der Waals surface area contributed by atoms with Gasteiger partial charge in [-0.3, -0.25) is 0 Å². The fraction of sp³-hybridized carbons (Fsp3) is 0.359. The molecule has 0 saturated carbocycles. The molecule has 0 N–H and O–H groups in total. The van der Waals surface area contributed by atoms with E-state index in [2.05, 4.69) is 140 Å². The van der Waals surface area contributed by atoms with Crippen LogP contribution in [0.4, 0.5) is 11.6 Å². The van der Waals surface area contributed by atoms with Crippen LogP contribution in [0, 0.1) is 22.2 Å². The number of halogens is 1. The minimum absolute atomic E-state index is 0.0881. The van der Waals surface area contributed by atoms with E-state index in [4.69, 9.17) is 16.9 Å². The Hall–Kier alpha value is -5.74. The molecule has 0 spiro atoms. The van der Waals surface area contributed by atoms with E-state index < -0.39 is 0 Å². The molecule has 6 rings (SSSR count). The summed E-state index contributed by atoms with van der Waals surface area (Å²) >= 11 is 5.99. The first-order valence-electron chi connectivity index (χ1n) is 17.3. The Morgan fingerprint density at radius 3 is 1.45 bits per heavy atom. The Kier molecular flexibility index (Phi) is 12.8. The molecule has 4 heterocycles. The van der Waals surface area contributed by atoms with Gasteiger partial charge in [0.1, 0.15) is 43.0 Å². The van der Waals surface area contributed by atoms with E-state index in [9.17, 15) is 0 Å². The normalized spacial score (nSPS) is 11.4. The zero-order valence-corrected chi connectivity index (χ0v) is 31.9. The number of benzene rings is 2. The summed E-state index contributed by atoms with van der Waals surface area (Å²) in [6.45, 7) is 17.8. The highest BCUT2D eigenvalue weighted by Crippen LogP contribution is 2.24. The molecule has 0 unspecified atom stereocenters. The molecule has 0 aliphatic heterocycles. The lowest BCUT2D eigenvalue weighted by molar-refractivity contribution is 0.407. The van der Waals surface area contributed by atoms with Gasteiger partial charge in [-0.25, -0.2) is 39.3 Å². The minimum Gasteiger partial charge on any atom is -0.352 e. The summed E-state index contributed by atoms with van der Waals surface area (Å²) in [5, 5.41) is 17.6. The van der Waals surface area contributed by atoms with Crippen LogP contribution >= 0.6 is 11.6 Å². The molecule has 0 radical (unpaired) electrons. The molecule has 0 fully saturated rings. The van der Waals surface area contributed by atoms with Crippen LogP contribution in [-0.2, 0) is 26.2 Å². The molecule has 53 heavy (non-hydrogen) atoms. The smallest absolute Gasteiger partial charge is 0.234 e. The van der Waals surface area contributed by atoms with Gasteiger partial charge < -0.3 is 9.80 Å². The van der Waals surface area contributed by atoms with E-state index in [1.165, 1.54) is 28.6 Å². The van der Waals surface area contributed by atoms with E-state index in [-0.39, 0.29) is 21.9 Å². The maximum Gasteiger partial charge on any atom is 0.234 e. The van der Waals surface area contributed by atoms with Crippen molar-refractivity contribution in [3.63, 3.8) is 0 Å². The maximum absolute atomic E-state index is 9.10. The number of nitriles is 1. The molecule has 6 aromatic rings. The van der Waals surface area contributed by atoms with Gasteiger partial charge >= 0.3 is 0 Å². The number of rotatable bonds is 12. The van der Waals surface area contributed by atoms with Crippen LogP contribution < -0.4 is 9.80 Å². The SMILES string of the molecule is CC(C)(C)CN(Cc1ccc(Cn2cncn2)cc1)c1ccnc(C#N)n1.CC(C)(C)CN(Cc1ccc(Cn2cncn2)cc1)c1ccnc(Cl)n1. The monoisotopic (exact) mass is 731 g/mol. The van der Waals surface area contributed by atoms with Crippen molar-refractivity contribution in [3.05, 3.63) is 132 Å². The second-order valence-electron chi connectivity index (χ2n) is 15.2. The molecule has 14 heteroatoms. The average molecular weight is 732 g/mol. The standard InChI is InChI=1S/C20H23N7.C19H23ClN6/c1-20(2,3)13-26(19-8-9-23-18(10-21)25-19)11-16-4-6-17(7-5-16)12-27-15-22-14-24-27;1-19(2,3)12-25(17-8-9-22-18(20)24-17)10-15-4-6-16(7-5-15)11-26-14-21-13-23-26/h4-9,14-15H,11-13H2,1-3H3;4-9,13-14H,10-12H2,1-3H3. The molecule has 13 nitrogen and oxygen atoms in total. The highest BCUT2D eigenvalue weighted by molar-refractivity contribution is 6.28. The van der Waals surface area contributed by atoms with Crippen molar-refractivity contribution in [2.45, 2.75) is 67.7 Å². The molecule has 0 atom stereocenters. The Labute approximate surface area is 316 Å². The number of anilines is 2. The van der Waals surface area contributed by atoms with Crippen LogP contribution in [0.5, 0.6) is 0 Å². The Bertz CT molecular complexity index is 2030. The number of nitrogens with zero attached hydrogens (tertiary/aromatic N) is 13. The first kappa shape index (κ1) is 38.5. The van der Waals surface area contributed by atoms with E-state index in [0.717, 1.165) is 31.3 Å². The molecule has 274 valence electrons. The number of hydrogen-bond acceptors (Lipinski definition) is 11. The summed E-state index contributed by atoms with van der Waals surface area (Å²) in [4.78, 5) is 29.1. The van der Waals surface area contributed by atoms with Crippen LogP contribution in [0.25, 0.3) is 0 Å². The third-order valence-corrected chi connectivity index (χ3v) is 7.93. The summed E-state index contributed by atoms with van der Waals surface area (Å²) in [6, 6.07) is 22.8. The molecule has 4 aromatic heterocycles. The molecular weight excluding hydrogens is 686 g/mol. The summed E-state index contributed by atoms with van der Waals surface area (Å²) in [5.74, 6) is 1.80. The lowest BCUT2D eigenvalue weighted by Crippen LogP contribution is -2.33. The van der Waals surface area contributed by atoms with Crippen LogP contribution in [0.2, 0.25) is 5.28 Å². The molecular formula is C39H46ClN13. The van der Waals surface area contributed by atoms with Gasteiger partial charge in [-0.1, -0.05) is 90.1 Å². The van der Waals surface area contributed by atoms with Crippen molar-refractivity contribution in [2.24, 2.45) is 10.8 Å². The first-order chi connectivity index (χ1) is 25.3. The zero-order chi connectivity index (χ0) is 37.8. The highest BCUT2D eigenvalue weighted by Gasteiger charge is 2.20. The van der Waals surface area contributed by atoms with Gasteiger partial charge in [0.05, 0.1) is 13.1 Å². The number of aromatic nitrogens is 10. The third-order valence-electron chi connectivity index (χ3n) is 7.75. The quantitative estimate of drug-likeness (QED) is 0.122. The molecule has 0 bridgehead atoms. The van der Waals surface area contributed by atoms with Gasteiger partial charge in [-0.2, -0.15) is 15.5 Å². The summed E-state index contributed by atoms with van der Waals surface area (Å²) in [7, 11) is 0. The van der Waals surface area contributed by atoms with Crippen molar-refractivity contribution in [3.8, 4) is 6.07 Å². The minimum atomic E-state index is 0.0881. The van der Waals surface area contributed by atoms with Crippen molar-refractivity contribution in [1.29, 1.82) is 5.26 Å². The summed E-state index contributed by atoms with van der Waals surface area (Å²) < 4.78 is 3.61. The lowest BCUT2D eigenvalue weighted by atomic mass is 9.95. The van der Waals surface area contributed by atoms with Gasteiger partial charge in [0.25, 0.3) is 0 Å². The second-order valence-corrected chi connectivity index (χ2v) is 15.5. The fourth-order valence-electron chi connectivity index (χ4n) is 5.61. The fourth-order valence-corrected chi connectivity index (χ4v) is 5.75. The molecule has 0 aliphatic rings. The first-order valence-corrected chi connectivity index (χ1v) is 17.7. The molecule has 0 aliphatic carbocycles. The van der Waals surface area contributed by atoms with Crippen molar-refractivity contribution < 1.29 is 0 Å². The van der Waals surface area contributed by atoms with E-state index in [1.807, 2.05) is 22.9 Å². The van der Waals surface area contributed by atoms with Gasteiger partial charge in [-0.05, 0) is 56.8 Å². The Morgan fingerprint density at radius 2 is 1.06 bits per heavy atom. The van der Waals surface area contributed by atoms with Crippen molar-refractivity contribution >= 4 is 23.2 Å².